The van der Waals surface area contributed by atoms with E-state index >= 15 is 0 Å². The molecule has 0 aliphatic carbocycles. The first-order valence-electron chi connectivity index (χ1n) is 10.8. The van der Waals surface area contributed by atoms with Crippen molar-refractivity contribution in [3.8, 4) is 5.75 Å². The number of nitrogens with zero attached hydrogens (tertiary/aromatic N) is 2. The van der Waals surface area contributed by atoms with Crippen molar-refractivity contribution >= 4 is 6.09 Å². The summed E-state index contributed by atoms with van der Waals surface area (Å²) >= 11 is 0. The molecule has 1 amide bonds. The van der Waals surface area contributed by atoms with Crippen molar-refractivity contribution in [2.45, 2.75) is 57.8 Å². The molecule has 2 heterocycles. The van der Waals surface area contributed by atoms with Crippen LogP contribution in [0.4, 0.5) is 9.18 Å². The fourth-order valence-electron chi connectivity index (χ4n) is 3.68. The lowest BCUT2D eigenvalue weighted by Crippen LogP contribution is -2.44. The summed E-state index contributed by atoms with van der Waals surface area (Å²) in [7, 11) is 1.53. The van der Waals surface area contributed by atoms with Gasteiger partial charge in [-0.05, 0) is 57.5 Å². The molecule has 1 aromatic heterocycles. The average Bonchev–Trinajstić information content (AvgIpc) is 2.74. The second kappa shape index (κ2) is 9.83. The normalized spacial score (nSPS) is 17.0. The summed E-state index contributed by atoms with van der Waals surface area (Å²) in [5, 5.41) is 0. The molecule has 0 spiro atoms. The second-order valence-electron chi connectivity index (χ2n) is 9.10. The Balaban J connectivity index is 1.62. The summed E-state index contributed by atoms with van der Waals surface area (Å²) in [4.78, 5) is 23.4. The standard InChI is InChI=1S/C24H32FN3O4/c1-23(2,3)32-22(29)28-14-12-20(13-15-28)31-19-9-6-17(7-10-19)24(4,27-30-5)21-11-8-18(25)16-26-21/h6-11,16,20,27H,12-15H2,1-5H3. The molecule has 1 aliphatic heterocycles. The third kappa shape index (κ3) is 5.95. The molecule has 1 fully saturated rings. The van der Waals surface area contributed by atoms with Gasteiger partial charge < -0.3 is 19.2 Å². The molecule has 1 aromatic carbocycles. The highest BCUT2D eigenvalue weighted by atomic mass is 19.1. The second-order valence-corrected chi connectivity index (χ2v) is 9.10. The SMILES string of the molecule is CONC(C)(c1ccc(OC2CCN(C(=O)OC(C)(C)C)CC2)cc1)c1ccc(F)cn1. The highest BCUT2D eigenvalue weighted by molar-refractivity contribution is 5.68. The molecule has 1 aliphatic rings. The zero-order valence-electron chi connectivity index (χ0n) is 19.4. The number of piperidine rings is 1. The summed E-state index contributed by atoms with van der Waals surface area (Å²) in [6, 6.07) is 10.7. The van der Waals surface area contributed by atoms with Gasteiger partial charge in [-0.1, -0.05) is 12.1 Å². The molecule has 32 heavy (non-hydrogen) atoms. The van der Waals surface area contributed by atoms with E-state index in [0.29, 0.717) is 18.8 Å². The number of amides is 1. The summed E-state index contributed by atoms with van der Waals surface area (Å²) in [5.74, 6) is 0.353. The van der Waals surface area contributed by atoms with E-state index in [1.165, 1.54) is 19.4 Å². The quantitative estimate of drug-likeness (QED) is 0.664. The Morgan fingerprint density at radius 3 is 2.28 bits per heavy atom. The number of carbonyl (C=O) groups is 1. The zero-order valence-corrected chi connectivity index (χ0v) is 19.4. The minimum absolute atomic E-state index is 0.0294. The molecule has 1 saturated heterocycles. The van der Waals surface area contributed by atoms with E-state index in [1.807, 2.05) is 52.0 Å². The molecular formula is C24H32FN3O4. The smallest absolute Gasteiger partial charge is 0.410 e. The van der Waals surface area contributed by atoms with Crippen molar-refractivity contribution in [3.05, 3.63) is 59.7 Å². The van der Waals surface area contributed by atoms with Gasteiger partial charge in [0.05, 0.1) is 19.0 Å². The number of aromatic nitrogens is 1. The van der Waals surface area contributed by atoms with Gasteiger partial charge in [-0.2, -0.15) is 5.48 Å². The van der Waals surface area contributed by atoms with Crippen molar-refractivity contribution in [3.63, 3.8) is 0 Å². The summed E-state index contributed by atoms with van der Waals surface area (Å²) in [6.07, 6.45) is 2.42. The molecule has 2 aromatic rings. The zero-order chi connectivity index (χ0) is 23.4. The number of likely N-dealkylation sites (tertiary alicyclic amines) is 1. The third-order valence-electron chi connectivity index (χ3n) is 5.37. The van der Waals surface area contributed by atoms with Crippen molar-refractivity contribution in [1.82, 2.24) is 15.4 Å². The molecule has 8 heteroatoms. The van der Waals surface area contributed by atoms with Crippen molar-refractivity contribution in [2.75, 3.05) is 20.2 Å². The van der Waals surface area contributed by atoms with E-state index in [-0.39, 0.29) is 12.2 Å². The number of nitrogens with one attached hydrogen (secondary N) is 1. The van der Waals surface area contributed by atoms with Gasteiger partial charge in [0.15, 0.2) is 0 Å². The van der Waals surface area contributed by atoms with Crippen LogP contribution in [0, 0.1) is 5.82 Å². The number of hydroxylamine groups is 1. The van der Waals surface area contributed by atoms with Crippen LogP contribution in [0.2, 0.25) is 0 Å². The molecule has 3 rings (SSSR count). The van der Waals surface area contributed by atoms with Crippen LogP contribution in [-0.4, -0.2) is 47.9 Å². The molecule has 0 bridgehead atoms. The number of hydrogen-bond acceptors (Lipinski definition) is 6. The molecule has 0 radical (unpaired) electrons. The molecule has 1 N–H and O–H groups in total. The van der Waals surface area contributed by atoms with Gasteiger partial charge in [-0.3, -0.25) is 4.98 Å². The van der Waals surface area contributed by atoms with Gasteiger partial charge in [0.2, 0.25) is 0 Å². The van der Waals surface area contributed by atoms with Gasteiger partial charge in [0.1, 0.15) is 28.8 Å². The highest BCUT2D eigenvalue weighted by Crippen LogP contribution is 2.30. The number of ether oxygens (including phenoxy) is 2. The van der Waals surface area contributed by atoms with Crippen LogP contribution in [0.3, 0.4) is 0 Å². The molecule has 1 unspecified atom stereocenters. The van der Waals surface area contributed by atoms with Gasteiger partial charge in [-0.25, -0.2) is 9.18 Å². The van der Waals surface area contributed by atoms with Crippen LogP contribution in [-0.2, 0) is 15.1 Å². The largest absolute Gasteiger partial charge is 0.490 e. The van der Waals surface area contributed by atoms with Crippen LogP contribution in [0.25, 0.3) is 0 Å². The van der Waals surface area contributed by atoms with Gasteiger partial charge in [0.25, 0.3) is 0 Å². The fraction of sp³-hybridized carbons (Fsp3) is 0.500. The lowest BCUT2D eigenvalue weighted by molar-refractivity contribution is 0.0126. The first-order chi connectivity index (χ1) is 15.1. The van der Waals surface area contributed by atoms with Crippen LogP contribution in [0.15, 0.2) is 42.6 Å². The Morgan fingerprint density at radius 1 is 1.09 bits per heavy atom. The third-order valence-corrected chi connectivity index (χ3v) is 5.37. The van der Waals surface area contributed by atoms with Gasteiger partial charge in [0, 0.05) is 25.9 Å². The van der Waals surface area contributed by atoms with E-state index in [1.54, 1.807) is 11.0 Å². The minimum atomic E-state index is -0.764. The fourth-order valence-corrected chi connectivity index (χ4v) is 3.68. The van der Waals surface area contributed by atoms with Gasteiger partial charge in [-0.15, -0.1) is 0 Å². The first kappa shape index (κ1) is 23.9. The number of halogens is 1. The maximum atomic E-state index is 13.3. The monoisotopic (exact) mass is 445 g/mol. The van der Waals surface area contributed by atoms with Crippen molar-refractivity contribution < 1.29 is 23.5 Å². The Hall–Kier alpha value is -2.71. The molecule has 7 nitrogen and oxygen atoms in total. The number of hydrogen-bond donors (Lipinski definition) is 1. The summed E-state index contributed by atoms with van der Waals surface area (Å²) in [5.41, 5.74) is 3.23. The molecule has 174 valence electrons. The van der Waals surface area contributed by atoms with E-state index in [4.69, 9.17) is 14.3 Å². The summed E-state index contributed by atoms with van der Waals surface area (Å²) < 4.78 is 24.9. The average molecular weight is 446 g/mol. The van der Waals surface area contributed by atoms with Crippen molar-refractivity contribution in [1.29, 1.82) is 0 Å². The van der Waals surface area contributed by atoms with E-state index < -0.39 is 17.0 Å². The Bertz CT molecular complexity index is 891. The molecular weight excluding hydrogens is 413 g/mol. The summed E-state index contributed by atoms with van der Waals surface area (Å²) in [6.45, 7) is 8.71. The minimum Gasteiger partial charge on any atom is -0.490 e. The number of pyridine rings is 1. The lowest BCUT2D eigenvalue weighted by Gasteiger charge is -2.33. The van der Waals surface area contributed by atoms with E-state index in [0.717, 1.165) is 24.2 Å². The topological polar surface area (TPSA) is 72.9 Å². The number of carbonyl (C=O) groups excluding carboxylic acids is 1. The molecule has 0 saturated carbocycles. The van der Waals surface area contributed by atoms with Crippen LogP contribution >= 0.6 is 0 Å². The lowest BCUT2D eigenvalue weighted by atomic mass is 9.89. The Morgan fingerprint density at radius 2 is 1.75 bits per heavy atom. The number of benzene rings is 1. The van der Waals surface area contributed by atoms with Crippen LogP contribution < -0.4 is 10.2 Å². The maximum absolute atomic E-state index is 13.3. The van der Waals surface area contributed by atoms with Crippen LogP contribution in [0.5, 0.6) is 5.75 Å². The maximum Gasteiger partial charge on any atom is 0.410 e. The predicted octanol–water partition coefficient (Wildman–Crippen LogP) is 4.41. The molecule has 1 atom stereocenters. The van der Waals surface area contributed by atoms with Gasteiger partial charge >= 0.3 is 6.09 Å². The predicted molar refractivity (Wildman–Crippen MR) is 119 cm³/mol. The van der Waals surface area contributed by atoms with E-state index in [2.05, 4.69) is 10.5 Å². The van der Waals surface area contributed by atoms with E-state index in [9.17, 15) is 9.18 Å². The first-order valence-corrected chi connectivity index (χ1v) is 10.8. The van der Waals surface area contributed by atoms with Crippen LogP contribution in [0.1, 0.15) is 51.8 Å². The Labute approximate surface area is 188 Å². The van der Waals surface area contributed by atoms with Crippen molar-refractivity contribution in [2.24, 2.45) is 0 Å². The Kier molecular flexibility index (Phi) is 7.36. The number of rotatable bonds is 6. The highest BCUT2D eigenvalue weighted by Gasteiger charge is 2.31.